The van der Waals surface area contributed by atoms with Gasteiger partial charge < -0.3 is 0 Å². The second kappa shape index (κ2) is 5.70. The lowest BCUT2D eigenvalue weighted by Gasteiger charge is -2.33. The first-order valence-electron chi connectivity index (χ1n) is 8.29. The number of nitrogens with one attached hydrogen (secondary N) is 1. The molecule has 2 unspecified atom stereocenters. The lowest BCUT2D eigenvalue weighted by Crippen LogP contribution is -2.32. The summed E-state index contributed by atoms with van der Waals surface area (Å²) in [5.74, 6) is 0.525. The summed E-state index contributed by atoms with van der Waals surface area (Å²) in [6.45, 7) is 8.74. The molecule has 2 bridgehead atoms. The fourth-order valence-electron chi connectivity index (χ4n) is 4.06. The van der Waals surface area contributed by atoms with Crippen molar-refractivity contribution in [3.05, 3.63) is 16.4 Å². The highest BCUT2D eigenvalue weighted by Crippen LogP contribution is 2.66. The van der Waals surface area contributed by atoms with E-state index in [0.717, 1.165) is 29.2 Å². The highest BCUT2D eigenvalue weighted by molar-refractivity contribution is 7.99. The van der Waals surface area contributed by atoms with Crippen molar-refractivity contribution < 1.29 is 4.79 Å². The summed E-state index contributed by atoms with van der Waals surface area (Å²) < 4.78 is 0. The minimum absolute atomic E-state index is 0.0462. The van der Waals surface area contributed by atoms with Gasteiger partial charge in [-0.15, -0.1) is 15.3 Å². The first-order chi connectivity index (χ1) is 11.8. The lowest BCUT2D eigenvalue weighted by molar-refractivity contribution is -0.113. The molecule has 1 N–H and O–H groups in total. The van der Waals surface area contributed by atoms with E-state index in [9.17, 15) is 4.79 Å². The number of carbonyl (C=O) groups excluding carboxylic acids is 1. The molecular formula is C16H20N6OS2. The Bertz CT molecular complexity index is 851. The first kappa shape index (κ1) is 16.8. The standard InChI is InChI=1S/C16H20N6OS2/c1-8-19-22-14(25-8)17-10(23)7-24-13-18-12-11(20-21-13)9-5-6-16(12,4)15(9,2)3/h9H,5-7H2,1-4H3,(H,17,22,23). The third-order valence-electron chi connectivity index (χ3n) is 5.88. The van der Waals surface area contributed by atoms with E-state index in [1.165, 1.54) is 23.1 Å². The molecule has 1 saturated carbocycles. The monoisotopic (exact) mass is 376 g/mol. The molecule has 0 aromatic carbocycles. The maximum Gasteiger partial charge on any atom is 0.236 e. The van der Waals surface area contributed by atoms with E-state index in [1.807, 2.05) is 6.92 Å². The van der Waals surface area contributed by atoms with E-state index in [0.29, 0.717) is 16.2 Å². The molecule has 0 saturated heterocycles. The third kappa shape index (κ3) is 2.55. The van der Waals surface area contributed by atoms with Crippen LogP contribution in [-0.2, 0) is 10.2 Å². The van der Waals surface area contributed by atoms with Gasteiger partial charge in [0, 0.05) is 11.3 Å². The number of hydrogen-bond donors (Lipinski definition) is 1. The molecule has 1 amide bonds. The SMILES string of the molecule is Cc1nnc(NC(=O)CSc2nnc3c(n2)C2(C)CCC3C2(C)C)s1. The van der Waals surface area contributed by atoms with Crippen LogP contribution < -0.4 is 5.32 Å². The second-order valence-corrected chi connectivity index (χ2v) is 9.56. The van der Waals surface area contributed by atoms with E-state index < -0.39 is 0 Å². The molecule has 1 fully saturated rings. The fourth-order valence-corrected chi connectivity index (χ4v) is 5.25. The number of aromatic nitrogens is 5. The Kier molecular flexibility index (Phi) is 3.84. The Balaban J connectivity index is 1.46. The van der Waals surface area contributed by atoms with Crippen molar-refractivity contribution in [2.24, 2.45) is 5.41 Å². The van der Waals surface area contributed by atoms with Crippen molar-refractivity contribution in [1.29, 1.82) is 0 Å². The van der Waals surface area contributed by atoms with Crippen LogP contribution in [0.4, 0.5) is 5.13 Å². The number of thioether (sulfide) groups is 1. The average Bonchev–Trinajstić information content (AvgIpc) is 3.12. The summed E-state index contributed by atoms with van der Waals surface area (Å²) in [6.07, 6.45) is 2.29. The van der Waals surface area contributed by atoms with Crippen molar-refractivity contribution in [2.45, 2.75) is 57.0 Å². The Labute approximate surface area is 154 Å². The minimum Gasteiger partial charge on any atom is -0.300 e. The Hall–Kier alpha value is -1.61. The zero-order valence-corrected chi connectivity index (χ0v) is 16.3. The summed E-state index contributed by atoms with van der Waals surface area (Å²) in [5, 5.41) is 21.1. The number of nitrogens with zero attached hydrogens (tertiary/aromatic N) is 5. The quantitative estimate of drug-likeness (QED) is 0.820. The molecule has 25 heavy (non-hydrogen) atoms. The van der Waals surface area contributed by atoms with Gasteiger partial charge >= 0.3 is 0 Å². The number of aryl methyl sites for hydroxylation is 1. The van der Waals surface area contributed by atoms with Crippen molar-refractivity contribution in [2.75, 3.05) is 11.1 Å². The fraction of sp³-hybridized carbons (Fsp3) is 0.625. The number of carbonyl (C=O) groups is 1. The van der Waals surface area contributed by atoms with Crippen molar-refractivity contribution >= 4 is 34.1 Å². The van der Waals surface area contributed by atoms with Gasteiger partial charge in [0.25, 0.3) is 0 Å². The summed E-state index contributed by atoms with van der Waals surface area (Å²) >= 11 is 2.66. The summed E-state index contributed by atoms with van der Waals surface area (Å²) in [7, 11) is 0. The Morgan fingerprint density at radius 3 is 2.80 bits per heavy atom. The highest BCUT2D eigenvalue weighted by Gasteiger charge is 2.61. The Morgan fingerprint density at radius 1 is 1.28 bits per heavy atom. The van der Waals surface area contributed by atoms with Gasteiger partial charge in [-0.3, -0.25) is 10.1 Å². The molecule has 4 rings (SSSR count). The number of rotatable bonds is 4. The zero-order chi connectivity index (χ0) is 17.8. The van der Waals surface area contributed by atoms with Crippen LogP contribution in [0.5, 0.6) is 0 Å². The molecule has 0 radical (unpaired) electrons. The first-order valence-corrected chi connectivity index (χ1v) is 10.1. The van der Waals surface area contributed by atoms with E-state index in [4.69, 9.17) is 4.98 Å². The molecule has 2 aliphatic rings. The van der Waals surface area contributed by atoms with Gasteiger partial charge in [0.15, 0.2) is 0 Å². The number of amides is 1. The molecule has 9 heteroatoms. The second-order valence-electron chi connectivity index (χ2n) is 7.44. The smallest absolute Gasteiger partial charge is 0.236 e. The van der Waals surface area contributed by atoms with Crippen LogP contribution in [0.25, 0.3) is 0 Å². The van der Waals surface area contributed by atoms with Crippen LogP contribution in [0, 0.1) is 12.3 Å². The molecule has 2 aliphatic carbocycles. The van der Waals surface area contributed by atoms with Crippen LogP contribution in [0.1, 0.15) is 55.9 Å². The number of anilines is 1. The minimum atomic E-state index is -0.140. The maximum atomic E-state index is 12.1. The Morgan fingerprint density at radius 2 is 2.08 bits per heavy atom. The van der Waals surface area contributed by atoms with Crippen LogP contribution in [0.3, 0.4) is 0 Å². The third-order valence-corrected chi connectivity index (χ3v) is 7.47. The number of fused-ring (bicyclic) bond motifs is 5. The number of hydrogen-bond acceptors (Lipinski definition) is 8. The zero-order valence-electron chi connectivity index (χ0n) is 14.7. The predicted octanol–water partition coefficient (Wildman–Crippen LogP) is 2.94. The van der Waals surface area contributed by atoms with Gasteiger partial charge in [-0.25, -0.2) is 4.98 Å². The predicted molar refractivity (Wildman–Crippen MR) is 96.9 cm³/mol. The molecule has 2 aromatic heterocycles. The van der Waals surface area contributed by atoms with Crippen LogP contribution in [0.15, 0.2) is 5.16 Å². The van der Waals surface area contributed by atoms with E-state index >= 15 is 0 Å². The van der Waals surface area contributed by atoms with E-state index in [-0.39, 0.29) is 22.5 Å². The molecule has 0 aliphatic heterocycles. The summed E-state index contributed by atoms with van der Waals surface area (Å²) in [5.41, 5.74) is 2.33. The lowest BCUT2D eigenvalue weighted by atomic mass is 9.70. The van der Waals surface area contributed by atoms with Crippen LogP contribution in [0.2, 0.25) is 0 Å². The molecule has 2 atom stereocenters. The van der Waals surface area contributed by atoms with E-state index in [2.05, 4.69) is 46.5 Å². The van der Waals surface area contributed by atoms with Gasteiger partial charge in [-0.05, 0) is 25.2 Å². The molecule has 7 nitrogen and oxygen atoms in total. The molecule has 2 heterocycles. The van der Waals surface area contributed by atoms with Gasteiger partial charge in [0.2, 0.25) is 16.2 Å². The van der Waals surface area contributed by atoms with Crippen LogP contribution >= 0.6 is 23.1 Å². The van der Waals surface area contributed by atoms with Crippen LogP contribution in [-0.4, -0.2) is 37.0 Å². The van der Waals surface area contributed by atoms with Gasteiger partial charge in [0.05, 0.1) is 17.1 Å². The normalized spacial score (nSPS) is 25.8. The van der Waals surface area contributed by atoms with Gasteiger partial charge in [-0.1, -0.05) is 43.9 Å². The topological polar surface area (TPSA) is 93.6 Å². The summed E-state index contributed by atoms with van der Waals surface area (Å²) in [4.78, 5) is 16.8. The largest absolute Gasteiger partial charge is 0.300 e. The molecule has 2 aromatic rings. The summed E-state index contributed by atoms with van der Waals surface area (Å²) in [6, 6.07) is 0. The van der Waals surface area contributed by atoms with Crippen molar-refractivity contribution in [1.82, 2.24) is 25.4 Å². The average molecular weight is 377 g/mol. The molecule has 0 spiro atoms. The maximum absolute atomic E-state index is 12.1. The van der Waals surface area contributed by atoms with Crippen molar-refractivity contribution in [3.8, 4) is 0 Å². The molecular weight excluding hydrogens is 356 g/mol. The van der Waals surface area contributed by atoms with Gasteiger partial charge in [-0.2, -0.15) is 5.10 Å². The highest BCUT2D eigenvalue weighted by atomic mass is 32.2. The van der Waals surface area contributed by atoms with E-state index in [1.54, 1.807) is 0 Å². The van der Waals surface area contributed by atoms with Crippen molar-refractivity contribution in [3.63, 3.8) is 0 Å². The molecule has 132 valence electrons. The van der Waals surface area contributed by atoms with Gasteiger partial charge in [0.1, 0.15) is 5.01 Å².